The Morgan fingerprint density at radius 3 is 2.70 bits per heavy atom. The Bertz CT molecular complexity index is 655. The zero-order valence-corrected chi connectivity index (χ0v) is 14.0. The molecule has 3 N–H and O–H groups in total. The van der Waals surface area contributed by atoms with Gasteiger partial charge in [0, 0.05) is 18.1 Å². The first kappa shape index (κ1) is 17.3. The third kappa shape index (κ3) is 4.71. The number of halogens is 1. The molecule has 2 aromatic rings. The van der Waals surface area contributed by atoms with Crippen molar-refractivity contribution in [3.63, 3.8) is 0 Å². The SMILES string of the molecule is CCCc1cc(NC(=O)NC(CO)c2ccc(Cl)cc2)n(C)n1. The van der Waals surface area contributed by atoms with Crippen molar-refractivity contribution in [2.75, 3.05) is 11.9 Å². The average Bonchev–Trinajstić information content (AvgIpc) is 2.86. The zero-order valence-electron chi connectivity index (χ0n) is 13.2. The minimum atomic E-state index is -0.504. The van der Waals surface area contributed by atoms with Gasteiger partial charge in [0.2, 0.25) is 0 Å². The van der Waals surface area contributed by atoms with Crippen molar-refractivity contribution in [2.45, 2.75) is 25.8 Å². The number of hydrogen-bond donors (Lipinski definition) is 3. The van der Waals surface area contributed by atoms with Gasteiger partial charge in [-0.25, -0.2) is 4.79 Å². The summed E-state index contributed by atoms with van der Waals surface area (Å²) in [6, 6.07) is 7.92. The molecule has 0 fully saturated rings. The number of carbonyl (C=O) groups excluding carboxylic acids is 1. The molecule has 1 aromatic heterocycles. The summed E-state index contributed by atoms with van der Waals surface area (Å²) in [5.74, 6) is 0.610. The molecule has 0 bridgehead atoms. The number of hydrogen-bond acceptors (Lipinski definition) is 3. The van der Waals surface area contributed by atoms with Crippen LogP contribution in [-0.4, -0.2) is 27.5 Å². The maximum Gasteiger partial charge on any atom is 0.320 e. The van der Waals surface area contributed by atoms with Crippen molar-refractivity contribution < 1.29 is 9.90 Å². The standard InChI is InChI=1S/C16H21ClN4O2/c1-3-4-13-9-15(21(2)20-13)19-16(23)18-14(10-22)11-5-7-12(17)8-6-11/h5-9,14,22H,3-4,10H2,1-2H3,(H2,18,19,23). The number of nitrogens with zero attached hydrogens (tertiary/aromatic N) is 2. The highest BCUT2D eigenvalue weighted by molar-refractivity contribution is 6.30. The van der Waals surface area contributed by atoms with Crippen LogP contribution in [0.15, 0.2) is 30.3 Å². The van der Waals surface area contributed by atoms with Crippen molar-refractivity contribution >= 4 is 23.4 Å². The van der Waals surface area contributed by atoms with Gasteiger partial charge in [-0.2, -0.15) is 5.10 Å². The van der Waals surface area contributed by atoms with Crippen molar-refractivity contribution in [2.24, 2.45) is 7.05 Å². The van der Waals surface area contributed by atoms with Crippen molar-refractivity contribution in [3.05, 3.63) is 46.6 Å². The maximum absolute atomic E-state index is 12.1. The smallest absolute Gasteiger partial charge is 0.320 e. The Kier molecular flexibility index (Phi) is 6.01. The Balaban J connectivity index is 2.01. The molecule has 124 valence electrons. The monoisotopic (exact) mass is 336 g/mol. The van der Waals surface area contributed by atoms with E-state index in [1.165, 1.54) is 0 Å². The van der Waals surface area contributed by atoms with E-state index in [1.807, 2.05) is 6.07 Å². The number of rotatable bonds is 6. The van der Waals surface area contributed by atoms with E-state index in [0.29, 0.717) is 10.8 Å². The number of carbonyl (C=O) groups is 1. The van der Waals surface area contributed by atoms with Crippen LogP contribution >= 0.6 is 11.6 Å². The molecule has 1 atom stereocenters. The lowest BCUT2D eigenvalue weighted by atomic mass is 10.1. The average molecular weight is 337 g/mol. The molecule has 0 aliphatic rings. The molecule has 0 radical (unpaired) electrons. The third-order valence-corrected chi connectivity index (χ3v) is 3.69. The number of aromatic nitrogens is 2. The topological polar surface area (TPSA) is 79.2 Å². The highest BCUT2D eigenvalue weighted by atomic mass is 35.5. The number of urea groups is 1. The molecule has 2 amide bonds. The van der Waals surface area contributed by atoms with E-state index in [-0.39, 0.29) is 6.61 Å². The normalized spacial score (nSPS) is 12.0. The van der Waals surface area contributed by atoms with Gasteiger partial charge in [-0.05, 0) is 24.1 Å². The van der Waals surface area contributed by atoms with Crippen LogP contribution in [0.1, 0.15) is 30.6 Å². The molecule has 0 spiro atoms. The maximum atomic E-state index is 12.1. The molecular formula is C16H21ClN4O2. The van der Waals surface area contributed by atoms with Crippen LogP contribution in [0, 0.1) is 0 Å². The number of aryl methyl sites for hydroxylation is 2. The predicted octanol–water partition coefficient (Wildman–Crippen LogP) is 2.88. The molecule has 23 heavy (non-hydrogen) atoms. The minimum absolute atomic E-state index is 0.207. The Labute approximate surface area is 140 Å². The Morgan fingerprint density at radius 1 is 1.39 bits per heavy atom. The molecule has 6 nitrogen and oxygen atoms in total. The van der Waals surface area contributed by atoms with Crippen LogP contribution < -0.4 is 10.6 Å². The van der Waals surface area contributed by atoms with Gasteiger partial charge in [0.05, 0.1) is 18.3 Å². The van der Waals surface area contributed by atoms with Gasteiger partial charge in [-0.3, -0.25) is 10.00 Å². The van der Waals surface area contributed by atoms with Gasteiger partial charge < -0.3 is 10.4 Å². The van der Waals surface area contributed by atoms with Gasteiger partial charge in [0.1, 0.15) is 5.82 Å². The molecule has 0 saturated heterocycles. The first-order valence-corrected chi connectivity index (χ1v) is 7.88. The van der Waals surface area contributed by atoms with Gasteiger partial charge in [-0.15, -0.1) is 0 Å². The molecule has 0 aliphatic heterocycles. The second kappa shape index (κ2) is 7.99. The number of nitrogens with one attached hydrogen (secondary N) is 2. The Hall–Kier alpha value is -2.05. The lowest BCUT2D eigenvalue weighted by Gasteiger charge is -2.17. The van der Waals surface area contributed by atoms with Crippen molar-refractivity contribution in [3.8, 4) is 0 Å². The number of anilines is 1. The second-order valence-corrected chi connectivity index (χ2v) is 5.72. The molecule has 0 saturated carbocycles. The van der Waals surface area contributed by atoms with Gasteiger partial charge in [0.15, 0.2) is 0 Å². The summed E-state index contributed by atoms with van der Waals surface area (Å²) in [4.78, 5) is 12.1. The fraction of sp³-hybridized carbons (Fsp3) is 0.375. The summed E-state index contributed by atoms with van der Waals surface area (Å²) in [6.07, 6.45) is 1.85. The van der Waals surface area contributed by atoms with Crippen LogP contribution in [-0.2, 0) is 13.5 Å². The van der Waals surface area contributed by atoms with Crippen molar-refractivity contribution in [1.82, 2.24) is 15.1 Å². The molecular weight excluding hydrogens is 316 g/mol. The molecule has 2 rings (SSSR count). The minimum Gasteiger partial charge on any atom is -0.394 e. The molecule has 1 unspecified atom stereocenters. The van der Waals surface area contributed by atoms with Gasteiger partial charge >= 0.3 is 6.03 Å². The molecule has 1 heterocycles. The summed E-state index contributed by atoms with van der Waals surface area (Å²) < 4.78 is 1.63. The van der Waals surface area contributed by atoms with Gasteiger partial charge in [0.25, 0.3) is 0 Å². The van der Waals surface area contributed by atoms with E-state index < -0.39 is 12.1 Å². The number of aliphatic hydroxyl groups is 1. The van der Waals surface area contributed by atoms with E-state index in [2.05, 4.69) is 22.7 Å². The fourth-order valence-corrected chi connectivity index (χ4v) is 2.39. The van der Waals surface area contributed by atoms with E-state index in [4.69, 9.17) is 11.6 Å². The zero-order chi connectivity index (χ0) is 16.8. The van der Waals surface area contributed by atoms with Crippen LogP contribution in [0.4, 0.5) is 10.6 Å². The largest absolute Gasteiger partial charge is 0.394 e. The van der Waals surface area contributed by atoms with E-state index >= 15 is 0 Å². The first-order chi connectivity index (χ1) is 11.0. The first-order valence-electron chi connectivity index (χ1n) is 7.50. The van der Waals surface area contributed by atoms with E-state index in [9.17, 15) is 9.90 Å². The summed E-state index contributed by atoms with van der Waals surface area (Å²) in [7, 11) is 1.78. The summed E-state index contributed by atoms with van der Waals surface area (Å²) in [5.41, 5.74) is 1.71. The summed E-state index contributed by atoms with van der Waals surface area (Å²) >= 11 is 5.85. The van der Waals surface area contributed by atoms with Crippen LogP contribution in [0.25, 0.3) is 0 Å². The quantitative estimate of drug-likeness (QED) is 0.759. The molecule has 7 heteroatoms. The highest BCUT2D eigenvalue weighted by Crippen LogP contribution is 2.17. The third-order valence-electron chi connectivity index (χ3n) is 3.44. The highest BCUT2D eigenvalue weighted by Gasteiger charge is 2.15. The predicted molar refractivity (Wildman–Crippen MR) is 90.6 cm³/mol. The van der Waals surface area contributed by atoms with Crippen LogP contribution in [0.2, 0.25) is 5.02 Å². The van der Waals surface area contributed by atoms with Crippen molar-refractivity contribution in [1.29, 1.82) is 0 Å². The summed E-state index contributed by atoms with van der Waals surface area (Å²) in [6.45, 7) is 1.87. The number of aliphatic hydroxyl groups excluding tert-OH is 1. The van der Waals surface area contributed by atoms with E-state index in [0.717, 1.165) is 24.1 Å². The Morgan fingerprint density at radius 2 is 2.09 bits per heavy atom. The lowest BCUT2D eigenvalue weighted by Crippen LogP contribution is -2.34. The fourth-order valence-electron chi connectivity index (χ4n) is 2.26. The van der Waals surface area contributed by atoms with Crippen LogP contribution in [0.3, 0.4) is 0 Å². The van der Waals surface area contributed by atoms with E-state index in [1.54, 1.807) is 36.0 Å². The lowest BCUT2D eigenvalue weighted by molar-refractivity contribution is 0.225. The number of benzene rings is 1. The number of amides is 2. The molecule has 1 aromatic carbocycles. The summed E-state index contributed by atoms with van der Waals surface area (Å²) in [5, 5.41) is 19.9. The molecule has 0 aliphatic carbocycles. The second-order valence-electron chi connectivity index (χ2n) is 5.28. The van der Waals surface area contributed by atoms with Crippen LogP contribution in [0.5, 0.6) is 0 Å². The van der Waals surface area contributed by atoms with Gasteiger partial charge in [-0.1, -0.05) is 37.1 Å².